The van der Waals surface area contributed by atoms with E-state index in [-0.39, 0.29) is 0 Å². The first kappa shape index (κ1) is 8.56. The molecule has 0 aromatic carbocycles. The van der Waals surface area contributed by atoms with Crippen molar-refractivity contribution in [2.24, 2.45) is 0 Å². The van der Waals surface area contributed by atoms with Gasteiger partial charge in [-0.2, -0.15) is 5.10 Å². The molecule has 0 amide bonds. The summed E-state index contributed by atoms with van der Waals surface area (Å²) in [5.41, 5.74) is 0. The number of aryl methyl sites for hydroxylation is 1. The van der Waals surface area contributed by atoms with Crippen LogP contribution < -0.4 is 10.2 Å². The second-order valence-corrected chi connectivity index (χ2v) is 3.24. The summed E-state index contributed by atoms with van der Waals surface area (Å²) in [6.45, 7) is 7.41. The quantitative estimate of drug-likeness (QED) is 0.711. The first-order chi connectivity index (χ1) is 6.42. The summed E-state index contributed by atoms with van der Waals surface area (Å²) < 4.78 is 2.05. The lowest BCUT2D eigenvalue weighted by Crippen LogP contribution is -2.44. The molecular formula is C9H16N4. The monoisotopic (exact) mass is 180 g/mol. The summed E-state index contributed by atoms with van der Waals surface area (Å²) in [7, 11) is 0. The van der Waals surface area contributed by atoms with Crippen molar-refractivity contribution in [3.8, 4) is 0 Å². The Bertz CT molecular complexity index is 262. The van der Waals surface area contributed by atoms with Gasteiger partial charge in [-0.05, 0) is 6.92 Å². The second-order valence-electron chi connectivity index (χ2n) is 3.24. The van der Waals surface area contributed by atoms with Gasteiger partial charge < -0.3 is 10.2 Å². The minimum absolute atomic E-state index is 0.951. The van der Waals surface area contributed by atoms with Crippen LogP contribution in [0.1, 0.15) is 6.92 Å². The third-order valence-electron chi connectivity index (χ3n) is 2.43. The highest BCUT2D eigenvalue weighted by Gasteiger charge is 2.13. The lowest BCUT2D eigenvalue weighted by molar-refractivity contribution is 0.560. The van der Waals surface area contributed by atoms with E-state index in [4.69, 9.17) is 0 Å². The summed E-state index contributed by atoms with van der Waals surface area (Å²) >= 11 is 0. The molecule has 0 aliphatic carbocycles. The SMILES string of the molecule is CCn1nccc1N1CCNCC1. The number of nitrogens with zero attached hydrogens (tertiary/aromatic N) is 3. The Morgan fingerprint density at radius 2 is 2.23 bits per heavy atom. The van der Waals surface area contributed by atoms with Crippen LogP contribution in [0.5, 0.6) is 0 Å². The maximum atomic E-state index is 4.26. The maximum Gasteiger partial charge on any atom is 0.126 e. The number of nitrogens with one attached hydrogen (secondary N) is 1. The number of hydrogen-bond donors (Lipinski definition) is 1. The van der Waals surface area contributed by atoms with Gasteiger partial charge in [-0.1, -0.05) is 0 Å². The fourth-order valence-electron chi connectivity index (χ4n) is 1.73. The molecule has 0 unspecified atom stereocenters. The van der Waals surface area contributed by atoms with E-state index in [0.717, 1.165) is 32.7 Å². The van der Waals surface area contributed by atoms with Crippen LogP contribution in [0.25, 0.3) is 0 Å². The molecule has 1 aromatic rings. The van der Waals surface area contributed by atoms with Gasteiger partial charge in [-0.15, -0.1) is 0 Å². The standard InChI is InChI=1S/C9H16N4/c1-2-13-9(3-4-11-13)12-7-5-10-6-8-12/h3-4,10H,2,5-8H2,1H3. The number of piperazine rings is 1. The molecule has 1 aliphatic heterocycles. The molecule has 1 N–H and O–H groups in total. The van der Waals surface area contributed by atoms with Crippen molar-refractivity contribution in [1.82, 2.24) is 15.1 Å². The Morgan fingerprint density at radius 3 is 2.92 bits per heavy atom. The third kappa shape index (κ3) is 1.67. The predicted molar refractivity (Wildman–Crippen MR) is 53.0 cm³/mol. The van der Waals surface area contributed by atoms with Gasteiger partial charge in [0, 0.05) is 38.8 Å². The van der Waals surface area contributed by atoms with Gasteiger partial charge in [-0.25, -0.2) is 0 Å². The van der Waals surface area contributed by atoms with Crippen molar-refractivity contribution >= 4 is 5.82 Å². The van der Waals surface area contributed by atoms with E-state index in [0.29, 0.717) is 0 Å². The van der Waals surface area contributed by atoms with Gasteiger partial charge in [0.1, 0.15) is 5.82 Å². The zero-order valence-electron chi connectivity index (χ0n) is 8.03. The highest BCUT2D eigenvalue weighted by molar-refractivity contribution is 5.38. The highest BCUT2D eigenvalue weighted by atomic mass is 15.4. The Hall–Kier alpha value is -1.03. The van der Waals surface area contributed by atoms with Gasteiger partial charge in [0.2, 0.25) is 0 Å². The summed E-state index contributed by atoms with van der Waals surface area (Å²) in [4.78, 5) is 2.38. The number of anilines is 1. The van der Waals surface area contributed by atoms with E-state index in [9.17, 15) is 0 Å². The number of rotatable bonds is 2. The molecule has 13 heavy (non-hydrogen) atoms. The van der Waals surface area contributed by atoms with E-state index in [1.54, 1.807) is 0 Å². The van der Waals surface area contributed by atoms with Crippen LogP contribution in [-0.4, -0.2) is 36.0 Å². The molecular weight excluding hydrogens is 164 g/mol. The molecule has 4 heteroatoms. The number of aromatic nitrogens is 2. The molecule has 2 heterocycles. The maximum absolute atomic E-state index is 4.26. The van der Waals surface area contributed by atoms with Crippen molar-refractivity contribution in [1.29, 1.82) is 0 Å². The molecule has 0 saturated carbocycles. The van der Waals surface area contributed by atoms with Gasteiger partial charge in [0.15, 0.2) is 0 Å². The van der Waals surface area contributed by atoms with Gasteiger partial charge in [0.25, 0.3) is 0 Å². The zero-order valence-corrected chi connectivity index (χ0v) is 8.03. The molecule has 0 radical (unpaired) electrons. The minimum atomic E-state index is 0.951. The van der Waals surface area contributed by atoms with Crippen LogP contribution in [0, 0.1) is 0 Å². The molecule has 1 aliphatic rings. The molecule has 0 spiro atoms. The van der Waals surface area contributed by atoms with Crippen molar-refractivity contribution < 1.29 is 0 Å². The van der Waals surface area contributed by atoms with Crippen molar-refractivity contribution in [2.45, 2.75) is 13.5 Å². The van der Waals surface area contributed by atoms with Crippen LogP contribution in [0.4, 0.5) is 5.82 Å². The average molecular weight is 180 g/mol. The van der Waals surface area contributed by atoms with Crippen molar-refractivity contribution in [3.63, 3.8) is 0 Å². The fraction of sp³-hybridized carbons (Fsp3) is 0.667. The Morgan fingerprint density at radius 1 is 1.46 bits per heavy atom. The summed E-state index contributed by atoms with van der Waals surface area (Å²) in [5.74, 6) is 1.25. The normalized spacial score (nSPS) is 17.8. The van der Waals surface area contributed by atoms with Crippen LogP contribution in [-0.2, 0) is 6.54 Å². The molecule has 0 atom stereocenters. The van der Waals surface area contributed by atoms with Crippen molar-refractivity contribution in [3.05, 3.63) is 12.3 Å². The molecule has 1 aromatic heterocycles. The van der Waals surface area contributed by atoms with Crippen LogP contribution >= 0.6 is 0 Å². The number of hydrogen-bond acceptors (Lipinski definition) is 3. The molecule has 0 bridgehead atoms. The molecule has 2 rings (SSSR count). The summed E-state index contributed by atoms with van der Waals surface area (Å²) in [6.07, 6.45) is 1.88. The Balaban J connectivity index is 2.13. The van der Waals surface area contributed by atoms with Gasteiger partial charge in [-0.3, -0.25) is 4.68 Å². The topological polar surface area (TPSA) is 33.1 Å². The highest BCUT2D eigenvalue weighted by Crippen LogP contribution is 2.13. The first-order valence-corrected chi connectivity index (χ1v) is 4.89. The minimum Gasteiger partial charge on any atom is -0.354 e. The van der Waals surface area contributed by atoms with Crippen LogP contribution in [0.15, 0.2) is 12.3 Å². The largest absolute Gasteiger partial charge is 0.354 e. The average Bonchev–Trinajstić information content (AvgIpc) is 2.67. The van der Waals surface area contributed by atoms with Gasteiger partial charge in [0.05, 0.1) is 6.20 Å². The van der Waals surface area contributed by atoms with E-state index < -0.39 is 0 Å². The lowest BCUT2D eigenvalue weighted by atomic mass is 10.3. The Kier molecular flexibility index (Phi) is 2.49. The fourth-order valence-corrected chi connectivity index (χ4v) is 1.73. The van der Waals surface area contributed by atoms with E-state index in [1.165, 1.54) is 5.82 Å². The van der Waals surface area contributed by atoms with E-state index in [1.807, 2.05) is 10.9 Å². The van der Waals surface area contributed by atoms with Crippen molar-refractivity contribution in [2.75, 3.05) is 31.1 Å². The molecule has 1 saturated heterocycles. The Labute approximate surface area is 78.5 Å². The zero-order chi connectivity index (χ0) is 9.10. The predicted octanol–water partition coefficient (Wildman–Crippen LogP) is 0.313. The lowest BCUT2D eigenvalue weighted by Gasteiger charge is -2.29. The summed E-state index contributed by atoms with van der Waals surface area (Å²) in [5, 5.41) is 7.61. The van der Waals surface area contributed by atoms with E-state index in [2.05, 4.69) is 28.3 Å². The van der Waals surface area contributed by atoms with Crippen LogP contribution in [0.3, 0.4) is 0 Å². The van der Waals surface area contributed by atoms with Crippen LogP contribution in [0.2, 0.25) is 0 Å². The molecule has 72 valence electrons. The second kappa shape index (κ2) is 3.79. The smallest absolute Gasteiger partial charge is 0.126 e. The molecule has 1 fully saturated rings. The summed E-state index contributed by atoms with van der Waals surface area (Å²) in [6, 6.07) is 2.09. The van der Waals surface area contributed by atoms with E-state index >= 15 is 0 Å². The first-order valence-electron chi connectivity index (χ1n) is 4.89. The molecule has 4 nitrogen and oxygen atoms in total. The third-order valence-corrected chi connectivity index (χ3v) is 2.43. The van der Waals surface area contributed by atoms with Gasteiger partial charge >= 0.3 is 0 Å².